The molecule has 4 nitrogen and oxygen atoms in total. The molecule has 0 radical (unpaired) electrons. The first-order valence-electron chi connectivity index (χ1n) is 8.77. The molecule has 8 heteroatoms. The number of nitrogens with one attached hydrogen (secondary N) is 2. The molecule has 2 N–H and O–H groups in total. The monoisotopic (exact) mass is 390 g/mol. The Morgan fingerprint density at radius 3 is 2.22 bits per heavy atom. The van der Waals surface area contributed by atoms with E-state index in [0.717, 1.165) is 12.1 Å². The number of rotatable bonds is 5. The summed E-state index contributed by atoms with van der Waals surface area (Å²) >= 11 is 0. The van der Waals surface area contributed by atoms with E-state index < -0.39 is 40.3 Å². The number of carbonyl (C=O) groups is 1. The smallest absolute Gasteiger partial charge is 0.419 e. The van der Waals surface area contributed by atoms with E-state index in [1.807, 2.05) is 0 Å². The van der Waals surface area contributed by atoms with Crippen molar-refractivity contribution in [2.24, 2.45) is 0 Å². The molecular weight excluding hydrogens is 364 g/mol. The first-order chi connectivity index (χ1) is 12.1. The Morgan fingerprint density at radius 2 is 1.74 bits per heavy atom. The van der Waals surface area contributed by atoms with Crippen LogP contribution in [0.15, 0.2) is 18.2 Å². The average molecular weight is 390 g/mol. The van der Waals surface area contributed by atoms with Crippen molar-refractivity contribution in [2.75, 3.05) is 6.54 Å². The Morgan fingerprint density at radius 1 is 1.15 bits per heavy atom. The second-order valence-electron chi connectivity index (χ2n) is 8.64. The van der Waals surface area contributed by atoms with E-state index in [1.165, 1.54) is 6.07 Å². The number of hydrogen-bond donors (Lipinski definition) is 2. The molecular formula is C19H26F4N2O2. The molecule has 1 aromatic carbocycles. The van der Waals surface area contributed by atoms with Gasteiger partial charge in [0.15, 0.2) is 0 Å². The van der Waals surface area contributed by atoms with Crippen molar-refractivity contribution in [3.05, 3.63) is 35.1 Å². The Hall–Kier alpha value is -1.83. The summed E-state index contributed by atoms with van der Waals surface area (Å²) in [5.41, 5.74) is -2.83. The number of hydrogen-bond acceptors (Lipinski definition) is 3. The van der Waals surface area contributed by atoms with Gasteiger partial charge in [-0.1, -0.05) is 6.07 Å². The fourth-order valence-corrected chi connectivity index (χ4v) is 2.75. The van der Waals surface area contributed by atoms with E-state index >= 15 is 0 Å². The van der Waals surface area contributed by atoms with E-state index in [4.69, 9.17) is 4.74 Å². The molecule has 0 spiro atoms. The average Bonchev–Trinajstić information content (AvgIpc) is 3.23. The highest BCUT2D eigenvalue weighted by Gasteiger charge is 2.46. The van der Waals surface area contributed by atoms with Gasteiger partial charge in [0.25, 0.3) is 0 Å². The lowest BCUT2D eigenvalue weighted by molar-refractivity contribution is -0.140. The van der Waals surface area contributed by atoms with Crippen LogP contribution in [-0.4, -0.2) is 23.8 Å². The van der Waals surface area contributed by atoms with Gasteiger partial charge in [-0.05, 0) is 65.2 Å². The van der Waals surface area contributed by atoms with E-state index in [2.05, 4.69) is 10.6 Å². The molecule has 1 aliphatic rings. The number of carbonyl (C=O) groups excluding carboxylic acids is 1. The number of halogens is 4. The van der Waals surface area contributed by atoms with Gasteiger partial charge in [0.1, 0.15) is 11.4 Å². The van der Waals surface area contributed by atoms with Crippen LogP contribution >= 0.6 is 0 Å². The molecule has 0 aliphatic heterocycles. The zero-order valence-corrected chi connectivity index (χ0v) is 16.2. The third-order valence-corrected chi connectivity index (χ3v) is 4.28. The van der Waals surface area contributed by atoms with Crippen LogP contribution in [0.25, 0.3) is 0 Å². The predicted molar refractivity (Wildman–Crippen MR) is 93.8 cm³/mol. The lowest BCUT2D eigenvalue weighted by Gasteiger charge is -2.31. The van der Waals surface area contributed by atoms with E-state index in [9.17, 15) is 22.4 Å². The number of alkyl carbamates (subject to hydrolysis) is 1. The van der Waals surface area contributed by atoms with Crippen molar-refractivity contribution in [1.29, 1.82) is 0 Å². The summed E-state index contributed by atoms with van der Waals surface area (Å²) in [7, 11) is 0. The van der Waals surface area contributed by atoms with E-state index in [-0.39, 0.29) is 0 Å². The van der Waals surface area contributed by atoms with Gasteiger partial charge < -0.3 is 15.4 Å². The predicted octanol–water partition coefficient (Wildman–Crippen LogP) is 4.73. The lowest BCUT2D eigenvalue weighted by Crippen LogP contribution is -2.53. The molecule has 27 heavy (non-hydrogen) atoms. The molecule has 1 aliphatic carbocycles. The number of benzene rings is 1. The van der Waals surface area contributed by atoms with Gasteiger partial charge in [0.2, 0.25) is 0 Å². The van der Waals surface area contributed by atoms with Crippen LogP contribution in [0.1, 0.15) is 58.6 Å². The third kappa shape index (κ3) is 5.82. The van der Waals surface area contributed by atoms with Gasteiger partial charge in [-0.2, -0.15) is 13.2 Å². The van der Waals surface area contributed by atoms with Gasteiger partial charge >= 0.3 is 12.3 Å². The van der Waals surface area contributed by atoms with Crippen molar-refractivity contribution < 1.29 is 27.1 Å². The van der Waals surface area contributed by atoms with Gasteiger partial charge in [0.05, 0.1) is 11.1 Å². The third-order valence-electron chi connectivity index (χ3n) is 4.28. The van der Waals surface area contributed by atoms with Crippen LogP contribution in [-0.2, 0) is 16.5 Å². The minimum Gasteiger partial charge on any atom is -0.444 e. The minimum atomic E-state index is -4.74. The Bertz CT molecular complexity index is 705. The standard InChI is InChI=1S/C19H26F4N2O2/c1-16(2,3)27-15(26)25-17(4,5)11-24-18(8-9-18)12-6-7-14(20)13(10-12)19(21,22)23/h6-7,10,24H,8-9,11H2,1-5H3,(H,25,26). The highest BCUT2D eigenvalue weighted by atomic mass is 19.4. The maximum Gasteiger partial charge on any atom is 0.419 e. The maximum absolute atomic E-state index is 13.5. The zero-order chi connectivity index (χ0) is 20.7. The SMILES string of the molecule is CC(C)(CNC1(c2ccc(F)c(C(F)(F)F)c2)CC1)NC(=O)OC(C)(C)C. The highest BCUT2D eigenvalue weighted by Crippen LogP contribution is 2.47. The molecule has 0 bridgehead atoms. The van der Waals surface area contributed by atoms with Gasteiger partial charge in [-0.3, -0.25) is 0 Å². The first-order valence-corrected chi connectivity index (χ1v) is 8.77. The minimum absolute atomic E-state index is 0.310. The molecule has 152 valence electrons. The Kier molecular flexibility index (Phi) is 5.54. The van der Waals surface area contributed by atoms with E-state index in [1.54, 1.807) is 34.6 Å². The highest BCUT2D eigenvalue weighted by molar-refractivity contribution is 5.68. The van der Waals surface area contributed by atoms with Crippen LogP contribution in [0.5, 0.6) is 0 Å². The van der Waals surface area contributed by atoms with E-state index in [0.29, 0.717) is 24.9 Å². The quantitative estimate of drug-likeness (QED) is 0.715. The number of amides is 1. The van der Waals surface area contributed by atoms with Gasteiger partial charge in [-0.15, -0.1) is 0 Å². The van der Waals surface area contributed by atoms with Crippen LogP contribution in [0.4, 0.5) is 22.4 Å². The summed E-state index contributed by atoms with van der Waals surface area (Å²) in [6, 6.07) is 3.09. The molecule has 0 saturated heterocycles. The molecule has 0 unspecified atom stereocenters. The summed E-state index contributed by atoms with van der Waals surface area (Å²) in [4.78, 5) is 11.9. The second-order valence-corrected chi connectivity index (χ2v) is 8.64. The van der Waals surface area contributed by atoms with Crippen molar-refractivity contribution in [2.45, 2.75) is 70.3 Å². The summed E-state index contributed by atoms with van der Waals surface area (Å²) in [6.07, 6.45) is -4.04. The van der Waals surface area contributed by atoms with Crippen LogP contribution < -0.4 is 10.6 Å². The zero-order valence-electron chi connectivity index (χ0n) is 16.2. The topological polar surface area (TPSA) is 50.4 Å². The van der Waals surface area contributed by atoms with Gasteiger partial charge in [0, 0.05) is 12.1 Å². The van der Waals surface area contributed by atoms with Crippen LogP contribution in [0.2, 0.25) is 0 Å². The molecule has 2 rings (SSSR count). The molecule has 0 atom stereocenters. The summed E-state index contributed by atoms with van der Waals surface area (Å²) < 4.78 is 57.7. The second kappa shape index (κ2) is 6.96. The van der Waals surface area contributed by atoms with Crippen molar-refractivity contribution in [3.63, 3.8) is 0 Å². The molecule has 1 fully saturated rings. The van der Waals surface area contributed by atoms with Crippen molar-refractivity contribution >= 4 is 6.09 Å². The Balaban J connectivity index is 2.06. The van der Waals surface area contributed by atoms with Crippen molar-refractivity contribution in [1.82, 2.24) is 10.6 Å². The van der Waals surface area contributed by atoms with Crippen LogP contribution in [0.3, 0.4) is 0 Å². The molecule has 0 heterocycles. The fourth-order valence-electron chi connectivity index (χ4n) is 2.75. The fraction of sp³-hybridized carbons (Fsp3) is 0.632. The van der Waals surface area contributed by atoms with Gasteiger partial charge in [-0.25, -0.2) is 9.18 Å². The largest absolute Gasteiger partial charge is 0.444 e. The number of ether oxygens (including phenoxy) is 1. The number of alkyl halides is 3. The Labute approximate surface area is 156 Å². The summed E-state index contributed by atoms with van der Waals surface area (Å²) in [5.74, 6) is -1.28. The van der Waals surface area contributed by atoms with Crippen molar-refractivity contribution in [3.8, 4) is 0 Å². The molecule has 1 saturated carbocycles. The normalized spacial score (nSPS) is 16.8. The molecule has 1 aromatic rings. The summed E-state index contributed by atoms with van der Waals surface area (Å²) in [5, 5.41) is 5.98. The molecule has 0 aromatic heterocycles. The molecule has 1 amide bonds. The van der Waals surface area contributed by atoms with Crippen LogP contribution in [0, 0.1) is 5.82 Å². The maximum atomic E-state index is 13.5. The summed E-state index contributed by atoms with van der Waals surface area (Å²) in [6.45, 7) is 9.14. The first kappa shape index (κ1) is 21.5. The lowest BCUT2D eigenvalue weighted by atomic mass is 9.99.